The Morgan fingerprint density at radius 3 is 2.76 bits per heavy atom. The van der Waals surface area contributed by atoms with Crippen LogP contribution >= 0.6 is 0 Å². The molecule has 1 aliphatic heterocycles. The molecule has 21 heavy (non-hydrogen) atoms. The lowest BCUT2D eigenvalue weighted by atomic mass is 10.2. The molecule has 0 radical (unpaired) electrons. The molecule has 2 heterocycles. The molecule has 2 atom stereocenters. The van der Waals surface area contributed by atoms with Crippen LogP contribution in [0, 0.1) is 0 Å². The Kier molecular flexibility index (Phi) is 3.59. The quantitative estimate of drug-likeness (QED) is 0.860. The molecule has 1 aliphatic carbocycles. The number of aliphatic carboxylic acids is 1. The van der Waals surface area contributed by atoms with Crippen molar-refractivity contribution in [3.63, 3.8) is 0 Å². The highest BCUT2D eigenvalue weighted by Crippen LogP contribution is 2.31. The summed E-state index contributed by atoms with van der Waals surface area (Å²) in [6.45, 7) is 0.395. The van der Waals surface area contributed by atoms with Crippen molar-refractivity contribution in [3.05, 3.63) is 24.2 Å². The molecular formula is C14H18N2O5. The van der Waals surface area contributed by atoms with Crippen LogP contribution in [0.25, 0.3) is 0 Å². The third-order valence-electron chi connectivity index (χ3n) is 3.95. The number of likely N-dealkylation sites (tertiary alicyclic amines) is 1. The SMILES string of the molecule is O=C(O)[C@H]1C[C@@H](O)CN1C(=O)N(Cc1ccco1)C1CC1. The highest BCUT2D eigenvalue weighted by atomic mass is 16.4. The predicted octanol–water partition coefficient (Wildman–Crippen LogP) is 0.884. The standard InChI is InChI=1S/C14H18N2O5/c17-10-6-12(13(18)19)16(7-10)14(20)15(9-3-4-9)8-11-2-1-5-21-11/h1-2,5,9-10,12,17H,3-4,6-8H2,(H,18,19)/t10-,12-/m1/s1. The van der Waals surface area contributed by atoms with Gasteiger partial charge in [-0.2, -0.15) is 0 Å². The molecule has 1 aromatic rings. The van der Waals surface area contributed by atoms with E-state index in [9.17, 15) is 19.8 Å². The molecule has 114 valence electrons. The summed E-state index contributed by atoms with van der Waals surface area (Å²) in [7, 11) is 0. The van der Waals surface area contributed by atoms with Crippen molar-refractivity contribution in [2.75, 3.05) is 6.54 Å². The summed E-state index contributed by atoms with van der Waals surface area (Å²) in [5.41, 5.74) is 0. The van der Waals surface area contributed by atoms with Gasteiger partial charge < -0.3 is 24.4 Å². The van der Waals surface area contributed by atoms with E-state index in [-0.39, 0.29) is 25.0 Å². The van der Waals surface area contributed by atoms with E-state index in [0.29, 0.717) is 12.3 Å². The summed E-state index contributed by atoms with van der Waals surface area (Å²) in [5.74, 6) is -0.407. The van der Waals surface area contributed by atoms with E-state index in [0.717, 1.165) is 12.8 Å². The second-order valence-electron chi connectivity index (χ2n) is 5.62. The van der Waals surface area contributed by atoms with Crippen LogP contribution < -0.4 is 0 Å². The van der Waals surface area contributed by atoms with Crippen molar-refractivity contribution >= 4 is 12.0 Å². The summed E-state index contributed by atoms with van der Waals surface area (Å²) in [6, 6.07) is 2.39. The molecule has 1 aromatic heterocycles. The fourth-order valence-electron chi connectivity index (χ4n) is 2.73. The highest BCUT2D eigenvalue weighted by molar-refractivity contribution is 5.83. The van der Waals surface area contributed by atoms with Gasteiger partial charge in [0.05, 0.1) is 18.9 Å². The average molecular weight is 294 g/mol. The average Bonchev–Trinajstić information content (AvgIpc) is 2.99. The Hall–Kier alpha value is -2.02. The Bertz CT molecular complexity index is 525. The van der Waals surface area contributed by atoms with Gasteiger partial charge in [-0.3, -0.25) is 0 Å². The fraction of sp³-hybridized carbons (Fsp3) is 0.571. The number of amides is 2. The molecule has 2 fully saturated rings. The normalized spacial score (nSPS) is 25.1. The van der Waals surface area contributed by atoms with Crippen LogP contribution in [0.2, 0.25) is 0 Å². The van der Waals surface area contributed by atoms with Crippen LogP contribution in [-0.4, -0.2) is 56.7 Å². The molecule has 1 saturated carbocycles. The number of aliphatic hydroxyl groups excluding tert-OH is 1. The van der Waals surface area contributed by atoms with Crippen LogP contribution in [0.15, 0.2) is 22.8 Å². The van der Waals surface area contributed by atoms with Gasteiger partial charge in [-0.15, -0.1) is 0 Å². The summed E-state index contributed by atoms with van der Waals surface area (Å²) in [6.07, 6.45) is 2.69. The number of aliphatic hydroxyl groups is 1. The van der Waals surface area contributed by atoms with Gasteiger partial charge in [0, 0.05) is 19.0 Å². The van der Waals surface area contributed by atoms with E-state index in [1.807, 2.05) is 0 Å². The van der Waals surface area contributed by atoms with Gasteiger partial charge in [0.1, 0.15) is 11.8 Å². The van der Waals surface area contributed by atoms with Gasteiger partial charge in [0.2, 0.25) is 0 Å². The van der Waals surface area contributed by atoms with Crippen LogP contribution in [0.1, 0.15) is 25.0 Å². The molecule has 1 saturated heterocycles. The van der Waals surface area contributed by atoms with E-state index in [4.69, 9.17) is 4.42 Å². The smallest absolute Gasteiger partial charge is 0.326 e. The van der Waals surface area contributed by atoms with Crippen molar-refractivity contribution in [1.82, 2.24) is 9.80 Å². The van der Waals surface area contributed by atoms with Gasteiger partial charge in [0.15, 0.2) is 0 Å². The first-order valence-electron chi connectivity index (χ1n) is 7.06. The maximum absolute atomic E-state index is 12.6. The molecule has 7 nitrogen and oxygen atoms in total. The fourth-order valence-corrected chi connectivity index (χ4v) is 2.73. The molecule has 2 N–H and O–H groups in total. The first kappa shape index (κ1) is 13.9. The Morgan fingerprint density at radius 1 is 1.43 bits per heavy atom. The molecule has 0 unspecified atom stereocenters. The number of β-amino-alcohol motifs (C(OH)–C–C–N with tert-alkyl or cyclic N) is 1. The summed E-state index contributed by atoms with van der Waals surface area (Å²) in [5, 5.41) is 18.9. The number of rotatable bonds is 4. The molecule has 7 heteroatoms. The van der Waals surface area contributed by atoms with E-state index in [2.05, 4.69) is 0 Å². The second-order valence-corrected chi connectivity index (χ2v) is 5.62. The van der Waals surface area contributed by atoms with Gasteiger partial charge >= 0.3 is 12.0 Å². The minimum Gasteiger partial charge on any atom is -0.480 e. The molecule has 2 aliphatic rings. The number of hydrogen-bond donors (Lipinski definition) is 2. The van der Waals surface area contributed by atoms with Gasteiger partial charge in [-0.25, -0.2) is 9.59 Å². The van der Waals surface area contributed by atoms with E-state index >= 15 is 0 Å². The number of hydrogen-bond acceptors (Lipinski definition) is 4. The molecule has 0 bridgehead atoms. The summed E-state index contributed by atoms with van der Waals surface area (Å²) >= 11 is 0. The number of furan rings is 1. The summed E-state index contributed by atoms with van der Waals surface area (Å²) < 4.78 is 5.27. The largest absolute Gasteiger partial charge is 0.480 e. The van der Waals surface area contributed by atoms with Crippen molar-refractivity contribution in [3.8, 4) is 0 Å². The Labute approximate surface area is 121 Å². The minimum atomic E-state index is -1.08. The second kappa shape index (κ2) is 5.40. The zero-order chi connectivity index (χ0) is 15.0. The lowest BCUT2D eigenvalue weighted by Gasteiger charge is -2.29. The predicted molar refractivity (Wildman–Crippen MR) is 71.4 cm³/mol. The Balaban J connectivity index is 1.75. The zero-order valence-electron chi connectivity index (χ0n) is 11.5. The van der Waals surface area contributed by atoms with Crippen molar-refractivity contribution < 1.29 is 24.2 Å². The number of carbonyl (C=O) groups excluding carboxylic acids is 1. The van der Waals surface area contributed by atoms with Crippen LogP contribution in [0.3, 0.4) is 0 Å². The minimum absolute atomic E-state index is 0.0666. The number of nitrogens with zero attached hydrogens (tertiary/aromatic N) is 2. The Morgan fingerprint density at radius 2 is 2.19 bits per heavy atom. The molecular weight excluding hydrogens is 276 g/mol. The highest BCUT2D eigenvalue weighted by Gasteiger charge is 2.43. The number of carboxylic acids is 1. The topological polar surface area (TPSA) is 94.2 Å². The number of carboxylic acid groups (broad SMARTS) is 1. The van der Waals surface area contributed by atoms with Crippen LogP contribution in [0.5, 0.6) is 0 Å². The third-order valence-corrected chi connectivity index (χ3v) is 3.95. The molecule has 3 rings (SSSR count). The van der Waals surface area contributed by atoms with Gasteiger partial charge in [0.25, 0.3) is 0 Å². The zero-order valence-corrected chi connectivity index (χ0v) is 11.5. The monoisotopic (exact) mass is 294 g/mol. The first-order chi connectivity index (χ1) is 10.1. The van der Waals surface area contributed by atoms with Crippen molar-refractivity contribution in [2.45, 2.75) is 44.0 Å². The van der Waals surface area contributed by atoms with E-state index in [1.54, 1.807) is 23.3 Å². The lowest BCUT2D eigenvalue weighted by Crippen LogP contribution is -2.48. The van der Waals surface area contributed by atoms with Crippen molar-refractivity contribution in [2.24, 2.45) is 0 Å². The maximum atomic E-state index is 12.6. The third kappa shape index (κ3) is 2.87. The molecule has 0 spiro atoms. The van der Waals surface area contributed by atoms with Crippen molar-refractivity contribution in [1.29, 1.82) is 0 Å². The van der Waals surface area contributed by atoms with Gasteiger partial charge in [-0.1, -0.05) is 0 Å². The van der Waals surface area contributed by atoms with Crippen LogP contribution in [0.4, 0.5) is 4.79 Å². The van der Waals surface area contributed by atoms with Gasteiger partial charge in [-0.05, 0) is 25.0 Å². The molecule has 0 aromatic carbocycles. The van der Waals surface area contributed by atoms with E-state index in [1.165, 1.54) is 4.90 Å². The summed E-state index contributed by atoms with van der Waals surface area (Å²) in [4.78, 5) is 26.8. The number of urea groups is 1. The van der Waals surface area contributed by atoms with E-state index < -0.39 is 18.1 Å². The number of carbonyl (C=O) groups is 2. The lowest BCUT2D eigenvalue weighted by molar-refractivity contribution is -0.141. The maximum Gasteiger partial charge on any atom is 0.326 e. The molecule has 2 amide bonds. The van der Waals surface area contributed by atoms with Crippen LogP contribution in [-0.2, 0) is 11.3 Å². The first-order valence-corrected chi connectivity index (χ1v) is 7.06.